The maximum Gasteiger partial charge on any atom is 0.161 e. The van der Waals surface area contributed by atoms with Crippen LogP contribution in [0.4, 0.5) is 14.5 Å². The average Bonchev–Trinajstić information content (AvgIpc) is 2.72. The summed E-state index contributed by atoms with van der Waals surface area (Å²) in [6.45, 7) is 0. The summed E-state index contributed by atoms with van der Waals surface area (Å²) in [6, 6.07) is 7.13. The van der Waals surface area contributed by atoms with E-state index in [1.807, 2.05) is 0 Å². The lowest BCUT2D eigenvalue weighted by Gasteiger charge is -2.03. The molecule has 0 atom stereocenters. The highest BCUT2D eigenvalue weighted by molar-refractivity contribution is 6.33. The van der Waals surface area contributed by atoms with Gasteiger partial charge in [-0.15, -0.1) is 0 Å². The van der Waals surface area contributed by atoms with Crippen molar-refractivity contribution in [2.24, 2.45) is 0 Å². The first kappa shape index (κ1) is 11.9. The van der Waals surface area contributed by atoms with Gasteiger partial charge in [0.15, 0.2) is 11.6 Å². The Bertz CT molecular complexity index is 724. The number of nitrogens with one attached hydrogen (secondary N) is 1. The minimum absolute atomic E-state index is 0.313. The number of aromatic nitrogens is 2. The van der Waals surface area contributed by atoms with Crippen LogP contribution in [-0.2, 0) is 0 Å². The zero-order valence-corrected chi connectivity index (χ0v) is 10.3. The van der Waals surface area contributed by atoms with Crippen molar-refractivity contribution in [1.29, 1.82) is 0 Å². The smallest absolute Gasteiger partial charge is 0.161 e. The minimum Gasteiger partial charge on any atom is -0.398 e. The van der Waals surface area contributed by atoms with Crippen LogP contribution in [0.15, 0.2) is 30.3 Å². The summed E-state index contributed by atoms with van der Waals surface area (Å²) < 4.78 is 26.3. The Morgan fingerprint density at radius 3 is 2.63 bits per heavy atom. The molecule has 3 rings (SSSR count). The number of nitrogens with two attached hydrogens (primary N) is 1. The molecule has 1 aromatic heterocycles. The van der Waals surface area contributed by atoms with Crippen LogP contribution in [0, 0.1) is 11.6 Å². The Labute approximate surface area is 112 Å². The fourth-order valence-corrected chi connectivity index (χ4v) is 2.19. The molecule has 19 heavy (non-hydrogen) atoms. The molecule has 0 aliphatic heterocycles. The first-order valence-corrected chi connectivity index (χ1v) is 5.83. The molecule has 3 N–H and O–H groups in total. The van der Waals surface area contributed by atoms with E-state index in [4.69, 9.17) is 17.3 Å². The molecule has 0 bridgehead atoms. The Hall–Kier alpha value is -2.14. The summed E-state index contributed by atoms with van der Waals surface area (Å²) in [5.41, 5.74) is 7.49. The van der Waals surface area contributed by atoms with E-state index >= 15 is 0 Å². The van der Waals surface area contributed by atoms with E-state index in [9.17, 15) is 8.78 Å². The van der Waals surface area contributed by atoms with Crippen molar-refractivity contribution in [2.45, 2.75) is 0 Å². The number of benzene rings is 2. The van der Waals surface area contributed by atoms with Crippen molar-refractivity contribution in [2.75, 3.05) is 5.73 Å². The molecular formula is C13H8ClF2N3. The van der Waals surface area contributed by atoms with Crippen LogP contribution in [0.1, 0.15) is 0 Å². The molecular weight excluding hydrogens is 272 g/mol. The Morgan fingerprint density at radius 1 is 1.16 bits per heavy atom. The van der Waals surface area contributed by atoms with E-state index < -0.39 is 11.6 Å². The second-order valence-corrected chi connectivity index (χ2v) is 4.48. The third-order valence-electron chi connectivity index (χ3n) is 2.81. The Balaban J connectivity index is 2.26. The first-order chi connectivity index (χ1) is 9.06. The number of rotatable bonds is 1. The van der Waals surface area contributed by atoms with Gasteiger partial charge in [0.2, 0.25) is 0 Å². The number of nitrogens with zero attached hydrogens (tertiary/aromatic N) is 1. The van der Waals surface area contributed by atoms with Crippen LogP contribution in [0.25, 0.3) is 22.4 Å². The van der Waals surface area contributed by atoms with Crippen molar-refractivity contribution in [1.82, 2.24) is 9.97 Å². The molecule has 0 fully saturated rings. The third kappa shape index (κ3) is 1.92. The summed E-state index contributed by atoms with van der Waals surface area (Å²) in [7, 11) is 0. The van der Waals surface area contributed by atoms with Gasteiger partial charge in [-0.25, -0.2) is 13.8 Å². The van der Waals surface area contributed by atoms with Gasteiger partial charge in [-0.3, -0.25) is 0 Å². The van der Waals surface area contributed by atoms with Crippen LogP contribution < -0.4 is 5.73 Å². The molecule has 0 aliphatic carbocycles. The van der Waals surface area contributed by atoms with Gasteiger partial charge >= 0.3 is 0 Å². The standard InChI is InChI=1S/C13H8ClF2N3/c14-6-2-1-3-9(17)12(6)13-18-10-4-7(15)8(16)5-11(10)19-13/h1-5H,17H2,(H,18,19). The molecule has 3 aromatic rings. The number of imidazole rings is 1. The number of anilines is 1. The van der Waals surface area contributed by atoms with Crippen molar-refractivity contribution in [3.05, 3.63) is 47.0 Å². The molecule has 2 aromatic carbocycles. The highest BCUT2D eigenvalue weighted by Crippen LogP contribution is 2.32. The molecule has 3 nitrogen and oxygen atoms in total. The monoisotopic (exact) mass is 279 g/mol. The number of hydrogen-bond donors (Lipinski definition) is 2. The number of nitrogen functional groups attached to an aromatic ring is 1. The lowest BCUT2D eigenvalue weighted by molar-refractivity contribution is 0.510. The topological polar surface area (TPSA) is 54.7 Å². The lowest BCUT2D eigenvalue weighted by atomic mass is 10.2. The van der Waals surface area contributed by atoms with Crippen molar-refractivity contribution in [3.8, 4) is 11.4 Å². The summed E-state index contributed by atoms with van der Waals surface area (Å²) in [6.07, 6.45) is 0. The van der Waals surface area contributed by atoms with Crippen LogP contribution in [0.2, 0.25) is 5.02 Å². The average molecular weight is 280 g/mol. The highest BCUT2D eigenvalue weighted by Gasteiger charge is 2.14. The number of H-pyrrole nitrogens is 1. The summed E-state index contributed by atoms with van der Waals surface area (Å²) in [5.74, 6) is -1.50. The molecule has 1 heterocycles. The van der Waals surface area contributed by atoms with Crippen LogP contribution >= 0.6 is 11.6 Å². The van der Waals surface area contributed by atoms with E-state index in [2.05, 4.69) is 9.97 Å². The number of hydrogen-bond acceptors (Lipinski definition) is 2. The first-order valence-electron chi connectivity index (χ1n) is 5.45. The summed E-state index contributed by atoms with van der Waals surface area (Å²) in [4.78, 5) is 7.06. The Morgan fingerprint density at radius 2 is 1.89 bits per heavy atom. The van der Waals surface area contributed by atoms with Crippen molar-refractivity contribution in [3.63, 3.8) is 0 Å². The van der Waals surface area contributed by atoms with Gasteiger partial charge in [0.25, 0.3) is 0 Å². The molecule has 0 saturated heterocycles. The van der Waals surface area contributed by atoms with Gasteiger partial charge in [0.05, 0.1) is 21.6 Å². The molecule has 0 aliphatic rings. The number of halogens is 3. The molecule has 0 unspecified atom stereocenters. The minimum atomic E-state index is -0.947. The predicted octanol–water partition coefficient (Wildman–Crippen LogP) is 3.74. The Kier molecular flexibility index (Phi) is 2.64. The quantitative estimate of drug-likeness (QED) is 0.667. The molecule has 0 radical (unpaired) electrons. The maximum absolute atomic E-state index is 13.1. The van der Waals surface area contributed by atoms with E-state index in [1.165, 1.54) is 0 Å². The van der Waals surface area contributed by atoms with Gasteiger partial charge in [-0.2, -0.15) is 0 Å². The summed E-state index contributed by atoms with van der Waals surface area (Å²) >= 11 is 6.07. The van der Waals surface area contributed by atoms with Crippen LogP contribution in [0.5, 0.6) is 0 Å². The zero-order valence-electron chi connectivity index (χ0n) is 9.55. The fraction of sp³-hybridized carbons (Fsp3) is 0. The molecule has 0 spiro atoms. The van der Waals surface area contributed by atoms with Gasteiger partial charge in [-0.1, -0.05) is 17.7 Å². The maximum atomic E-state index is 13.1. The van der Waals surface area contributed by atoms with Crippen molar-refractivity contribution < 1.29 is 8.78 Å². The second-order valence-electron chi connectivity index (χ2n) is 4.07. The zero-order chi connectivity index (χ0) is 13.6. The SMILES string of the molecule is Nc1cccc(Cl)c1-c1nc2cc(F)c(F)cc2[nH]1. The van der Waals surface area contributed by atoms with Crippen LogP contribution in [0.3, 0.4) is 0 Å². The largest absolute Gasteiger partial charge is 0.398 e. The fourth-order valence-electron chi connectivity index (χ4n) is 1.91. The van der Waals surface area contributed by atoms with Gasteiger partial charge in [0.1, 0.15) is 5.82 Å². The second kappa shape index (κ2) is 4.20. The van der Waals surface area contributed by atoms with E-state index in [0.717, 1.165) is 12.1 Å². The molecule has 96 valence electrons. The van der Waals surface area contributed by atoms with Gasteiger partial charge < -0.3 is 10.7 Å². The molecule has 0 saturated carbocycles. The van der Waals surface area contributed by atoms with Gasteiger partial charge in [0, 0.05) is 17.8 Å². The summed E-state index contributed by atoms with van der Waals surface area (Å²) in [5, 5.41) is 0.417. The van der Waals surface area contributed by atoms with Gasteiger partial charge in [-0.05, 0) is 12.1 Å². The molecule has 6 heteroatoms. The van der Waals surface area contributed by atoms with E-state index in [-0.39, 0.29) is 0 Å². The predicted molar refractivity (Wildman–Crippen MR) is 70.9 cm³/mol. The van der Waals surface area contributed by atoms with E-state index in [0.29, 0.717) is 33.1 Å². The lowest BCUT2D eigenvalue weighted by Crippen LogP contribution is -1.91. The number of fused-ring (bicyclic) bond motifs is 1. The highest BCUT2D eigenvalue weighted by atomic mass is 35.5. The number of aromatic amines is 1. The van der Waals surface area contributed by atoms with Crippen LogP contribution in [-0.4, -0.2) is 9.97 Å². The normalized spacial score (nSPS) is 11.1. The van der Waals surface area contributed by atoms with Crippen molar-refractivity contribution >= 4 is 28.3 Å². The van der Waals surface area contributed by atoms with E-state index in [1.54, 1.807) is 18.2 Å². The third-order valence-corrected chi connectivity index (χ3v) is 3.12. The molecule has 0 amide bonds.